The fraction of sp³-hybridized carbons (Fsp3) is 0.308. The summed E-state index contributed by atoms with van der Waals surface area (Å²) in [5.74, 6) is 0.854. The Kier molecular flexibility index (Phi) is 2.74. The van der Waals surface area contributed by atoms with Crippen molar-refractivity contribution in [2.24, 2.45) is 0 Å². The quantitative estimate of drug-likeness (QED) is 0.588. The first-order valence-corrected chi connectivity index (χ1v) is 5.53. The summed E-state index contributed by atoms with van der Waals surface area (Å²) in [6.07, 6.45) is 2.73. The normalized spacial score (nSPS) is 13.0. The standard InChI is InChI=1S/C13H15N3O/c1-13(2,8-17)16-10-5-4-9-7-15-12(14-3)11(9)6-10/h4-8H,1-3H3,(H,14,15,16)/p+1. The molecule has 88 valence electrons. The minimum absolute atomic E-state index is 0.562. The van der Waals surface area contributed by atoms with Crippen LogP contribution < -0.4 is 15.3 Å². The third-order valence-electron chi connectivity index (χ3n) is 2.64. The lowest BCUT2D eigenvalue weighted by Crippen LogP contribution is -2.32. The van der Waals surface area contributed by atoms with E-state index < -0.39 is 5.54 Å². The molecule has 4 nitrogen and oxygen atoms in total. The van der Waals surface area contributed by atoms with Crippen molar-refractivity contribution in [3.05, 3.63) is 29.3 Å². The third-order valence-corrected chi connectivity index (χ3v) is 2.64. The number of hydrogen-bond acceptors (Lipinski definition) is 3. The van der Waals surface area contributed by atoms with E-state index in [1.54, 1.807) is 0 Å². The lowest BCUT2D eigenvalue weighted by Gasteiger charge is -2.20. The summed E-state index contributed by atoms with van der Waals surface area (Å²) in [6, 6.07) is 5.94. The lowest BCUT2D eigenvalue weighted by atomic mass is 10.0. The Morgan fingerprint density at radius 3 is 2.76 bits per heavy atom. The molecule has 0 radical (unpaired) electrons. The zero-order chi connectivity index (χ0) is 12.5. The molecule has 1 aromatic rings. The van der Waals surface area contributed by atoms with Crippen LogP contribution in [-0.2, 0) is 4.79 Å². The van der Waals surface area contributed by atoms with E-state index in [9.17, 15) is 4.79 Å². The smallest absolute Gasteiger partial charge is 0.373 e. The van der Waals surface area contributed by atoms with Crippen LogP contribution in [0.25, 0.3) is 0 Å². The fourth-order valence-corrected chi connectivity index (χ4v) is 1.76. The number of aldehydes is 1. The summed E-state index contributed by atoms with van der Waals surface area (Å²) in [5.41, 5.74) is 2.50. The van der Waals surface area contributed by atoms with E-state index in [1.165, 1.54) is 0 Å². The van der Waals surface area contributed by atoms with Crippen LogP contribution in [0.3, 0.4) is 0 Å². The van der Waals surface area contributed by atoms with Gasteiger partial charge in [-0.15, -0.1) is 0 Å². The highest BCUT2D eigenvalue weighted by Crippen LogP contribution is 2.19. The Hall–Kier alpha value is -2.06. The summed E-state index contributed by atoms with van der Waals surface area (Å²) < 4.78 is 4.26. The van der Waals surface area contributed by atoms with Crippen molar-refractivity contribution in [2.45, 2.75) is 19.4 Å². The zero-order valence-corrected chi connectivity index (χ0v) is 10.2. The van der Waals surface area contributed by atoms with Gasteiger partial charge in [-0.2, -0.15) is 0 Å². The first-order valence-electron chi connectivity index (χ1n) is 5.53. The van der Waals surface area contributed by atoms with Crippen molar-refractivity contribution in [2.75, 3.05) is 12.4 Å². The molecule has 1 aromatic carbocycles. The molecular formula is C13H16N3O+. The van der Waals surface area contributed by atoms with Crippen LogP contribution >= 0.6 is 0 Å². The second kappa shape index (κ2) is 4.07. The van der Waals surface area contributed by atoms with Gasteiger partial charge in [-0.3, -0.25) is 5.32 Å². The van der Waals surface area contributed by atoms with Gasteiger partial charge in [-0.05, 0) is 32.0 Å². The number of nitrogens with zero attached hydrogens (tertiary/aromatic N) is 1. The van der Waals surface area contributed by atoms with E-state index in [0.29, 0.717) is 0 Å². The first-order chi connectivity index (χ1) is 8.05. The van der Waals surface area contributed by atoms with Crippen molar-refractivity contribution in [3.8, 4) is 0 Å². The average molecular weight is 230 g/mol. The van der Waals surface area contributed by atoms with E-state index >= 15 is 0 Å². The van der Waals surface area contributed by atoms with Gasteiger partial charge in [0.05, 0.1) is 18.2 Å². The average Bonchev–Trinajstić information content (AvgIpc) is 2.71. The van der Waals surface area contributed by atoms with E-state index in [2.05, 4.69) is 15.3 Å². The van der Waals surface area contributed by atoms with Crippen LogP contribution in [0.1, 0.15) is 25.0 Å². The van der Waals surface area contributed by atoms with Gasteiger partial charge in [0, 0.05) is 11.3 Å². The van der Waals surface area contributed by atoms with Gasteiger partial charge in [-0.25, -0.2) is 4.67 Å². The number of nitrogens with one attached hydrogen (secondary N) is 2. The van der Waals surface area contributed by atoms with Crippen molar-refractivity contribution < 1.29 is 4.79 Å². The molecule has 0 aliphatic carbocycles. The van der Waals surface area contributed by atoms with E-state index in [4.69, 9.17) is 0 Å². The highest BCUT2D eigenvalue weighted by atomic mass is 16.1. The van der Waals surface area contributed by atoms with Crippen molar-refractivity contribution in [1.29, 1.82) is 0 Å². The number of carbonyl (C=O) groups is 1. The van der Waals surface area contributed by atoms with Gasteiger partial charge in [0.2, 0.25) is 0 Å². The Morgan fingerprint density at radius 2 is 2.12 bits per heavy atom. The maximum Gasteiger partial charge on any atom is 0.375 e. The molecule has 0 fully saturated rings. The van der Waals surface area contributed by atoms with Crippen molar-refractivity contribution >= 4 is 24.0 Å². The molecule has 0 unspecified atom stereocenters. The monoisotopic (exact) mass is 230 g/mol. The van der Waals surface area contributed by atoms with Gasteiger partial charge in [-0.1, -0.05) is 0 Å². The molecule has 4 heteroatoms. The number of anilines is 1. The number of benzene rings is 1. The van der Waals surface area contributed by atoms with E-state index in [0.717, 1.165) is 28.9 Å². The lowest BCUT2D eigenvalue weighted by molar-refractivity contribution is -0.110. The van der Waals surface area contributed by atoms with Crippen molar-refractivity contribution in [3.63, 3.8) is 0 Å². The number of fused-ring (bicyclic) bond motifs is 1. The highest BCUT2D eigenvalue weighted by molar-refractivity contribution is 6.11. The SMILES string of the molecule is CNC1=[N+]=Cc2ccc(NC(C)(C)C=O)cc21. The Labute approximate surface area is 100 Å². The predicted molar refractivity (Wildman–Crippen MR) is 70.7 cm³/mol. The molecule has 0 aromatic heterocycles. The maximum absolute atomic E-state index is 10.9. The van der Waals surface area contributed by atoms with E-state index in [-0.39, 0.29) is 0 Å². The van der Waals surface area contributed by atoms with Crippen LogP contribution in [0.5, 0.6) is 0 Å². The Bertz CT molecular complexity index is 525. The molecule has 0 saturated heterocycles. The molecule has 17 heavy (non-hydrogen) atoms. The molecule has 1 aliphatic heterocycles. The summed E-state index contributed by atoms with van der Waals surface area (Å²) in [5, 5.41) is 6.22. The zero-order valence-electron chi connectivity index (χ0n) is 10.2. The van der Waals surface area contributed by atoms with Crippen LogP contribution in [0.15, 0.2) is 18.2 Å². The molecule has 2 rings (SSSR count). The molecule has 0 bridgehead atoms. The van der Waals surface area contributed by atoms with Crippen LogP contribution in [0, 0.1) is 0 Å². The summed E-state index contributed by atoms with van der Waals surface area (Å²) in [4.78, 5) is 10.9. The molecule has 1 heterocycles. The summed E-state index contributed by atoms with van der Waals surface area (Å²) >= 11 is 0. The molecule has 2 N–H and O–H groups in total. The minimum Gasteiger partial charge on any atom is -0.373 e. The van der Waals surface area contributed by atoms with Crippen molar-refractivity contribution in [1.82, 2.24) is 9.98 Å². The van der Waals surface area contributed by atoms with Gasteiger partial charge in [0.1, 0.15) is 6.29 Å². The van der Waals surface area contributed by atoms with Gasteiger partial charge < -0.3 is 10.1 Å². The Morgan fingerprint density at radius 1 is 1.35 bits per heavy atom. The number of amidine groups is 1. The molecule has 0 amide bonds. The molecular weight excluding hydrogens is 214 g/mol. The molecule has 1 aliphatic rings. The Balaban J connectivity index is 2.30. The molecule has 0 saturated carbocycles. The predicted octanol–water partition coefficient (Wildman–Crippen LogP) is 0.542. The van der Waals surface area contributed by atoms with Gasteiger partial charge in [0.25, 0.3) is 0 Å². The summed E-state index contributed by atoms with van der Waals surface area (Å²) in [7, 11) is 1.84. The molecule has 0 spiro atoms. The number of rotatable bonds is 3. The third kappa shape index (κ3) is 2.22. The first kappa shape index (κ1) is 11.4. The van der Waals surface area contributed by atoms with E-state index in [1.807, 2.05) is 45.3 Å². The number of hydrogen-bond donors (Lipinski definition) is 2. The number of carbonyl (C=O) groups excluding carboxylic acids is 1. The highest BCUT2D eigenvalue weighted by Gasteiger charge is 2.22. The second-order valence-electron chi connectivity index (χ2n) is 4.62. The fourth-order valence-electron chi connectivity index (χ4n) is 1.76. The maximum atomic E-state index is 10.9. The van der Waals surface area contributed by atoms with Gasteiger partial charge >= 0.3 is 5.84 Å². The molecule has 0 atom stereocenters. The summed E-state index contributed by atoms with van der Waals surface area (Å²) in [6.45, 7) is 3.68. The van der Waals surface area contributed by atoms with Crippen LogP contribution in [0.4, 0.5) is 5.69 Å². The topological polar surface area (TPSA) is 55.2 Å². The van der Waals surface area contributed by atoms with Crippen LogP contribution in [-0.4, -0.2) is 30.9 Å². The minimum atomic E-state index is -0.562. The van der Waals surface area contributed by atoms with Crippen LogP contribution in [0.2, 0.25) is 0 Å². The largest absolute Gasteiger partial charge is 0.375 e. The second-order valence-corrected chi connectivity index (χ2v) is 4.62. The van der Waals surface area contributed by atoms with Gasteiger partial charge in [0.15, 0.2) is 6.21 Å².